The van der Waals surface area contributed by atoms with Gasteiger partial charge in [0, 0.05) is 6.54 Å². The van der Waals surface area contributed by atoms with E-state index in [1.54, 1.807) is 18.2 Å². The Morgan fingerprint density at radius 2 is 1.83 bits per heavy atom. The van der Waals surface area contributed by atoms with Crippen LogP contribution in [-0.4, -0.2) is 20.6 Å². The summed E-state index contributed by atoms with van der Waals surface area (Å²) in [6.45, 7) is 4.62. The zero-order valence-electron chi connectivity index (χ0n) is 14.0. The van der Waals surface area contributed by atoms with Crippen molar-refractivity contribution in [3.63, 3.8) is 0 Å². The van der Waals surface area contributed by atoms with Crippen molar-refractivity contribution in [2.45, 2.75) is 43.6 Å². The SMILES string of the molecule is CC1(C)CCc2cc(S(=O)(=O)N3CCc4ccccc43)ccc2O1. The third kappa shape index (κ3) is 2.47. The van der Waals surface area contributed by atoms with E-state index < -0.39 is 10.0 Å². The van der Waals surface area contributed by atoms with E-state index in [4.69, 9.17) is 4.74 Å². The molecule has 0 fully saturated rings. The Labute approximate surface area is 143 Å². The molecule has 2 aromatic carbocycles. The summed E-state index contributed by atoms with van der Waals surface area (Å²) >= 11 is 0. The Balaban J connectivity index is 1.72. The first kappa shape index (κ1) is 15.5. The molecule has 0 N–H and O–H groups in total. The average Bonchev–Trinajstić information content (AvgIpc) is 2.98. The summed E-state index contributed by atoms with van der Waals surface area (Å²) in [6, 6.07) is 12.9. The number of hydrogen-bond acceptors (Lipinski definition) is 3. The van der Waals surface area contributed by atoms with Crippen LogP contribution in [0.5, 0.6) is 5.75 Å². The van der Waals surface area contributed by atoms with Crippen molar-refractivity contribution in [3.8, 4) is 5.75 Å². The largest absolute Gasteiger partial charge is 0.488 e. The van der Waals surface area contributed by atoms with Gasteiger partial charge in [-0.15, -0.1) is 0 Å². The molecule has 2 aromatic rings. The summed E-state index contributed by atoms with van der Waals surface area (Å²) in [5.41, 5.74) is 2.67. The van der Waals surface area contributed by atoms with Crippen LogP contribution in [0, 0.1) is 0 Å². The molecule has 2 aliphatic rings. The lowest BCUT2D eigenvalue weighted by Crippen LogP contribution is -2.33. The summed E-state index contributed by atoms with van der Waals surface area (Å²) in [5.74, 6) is 0.798. The molecular formula is C19H21NO3S. The predicted octanol–water partition coefficient (Wildman–Crippen LogP) is 3.54. The van der Waals surface area contributed by atoms with Crippen molar-refractivity contribution < 1.29 is 13.2 Å². The zero-order valence-corrected chi connectivity index (χ0v) is 14.8. The van der Waals surface area contributed by atoms with Crippen molar-refractivity contribution in [2.75, 3.05) is 10.8 Å². The van der Waals surface area contributed by atoms with Crippen molar-refractivity contribution in [2.24, 2.45) is 0 Å². The number of aryl methyl sites for hydroxylation is 1. The minimum absolute atomic E-state index is 0.193. The standard InChI is InChI=1S/C19H21NO3S/c1-19(2)11-9-15-13-16(7-8-18(15)23-19)24(21,22)20-12-10-14-5-3-4-6-17(14)20/h3-8,13H,9-12H2,1-2H3. The molecule has 2 heterocycles. The Hall–Kier alpha value is -2.01. The highest BCUT2D eigenvalue weighted by molar-refractivity contribution is 7.92. The highest BCUT2D eigenvalue weighted by Gasteiger charge is 2.32. The lowest BCUT2D eigenvalue weighted by atomic mass is 9.94. The highest BCUT2D eigenvalue weighted by atomic mass is 32.2. The fraction of sp³-hybridized carbons (Fsp3) is 0.368. The average molecular weight is 343 g/mol. The number of sulfonamides is 1. The van der Waals surface area contributed by atoms with Crippen LogP contribution >= 0.6 is 0 Å². The van der Waals surface area contributed by atoms with E-state index in [1.165, 1.54) is 4.31 Å². The number of ether oxygens (including phenoxy) is 1. The number of nitrogens with zero attached hydrogens (tertiary/aromatic N) is 1. The van der Waals surface area contributed by atoms with Crippen LogP contribution in [0.4, 0.5) is 5.69 Å². The first-order chi connectivity index (χ1) is 11.4. The van der Waals surface area contributed by atoms with E-state index in [0.717, 1.165) is 41.8 Å². The summed E-state index contributed by atoms with van der Waals surface area (Å²) in [6.07, 6.45) is 2.48. The molecule has 0 unspecified atom stereocenters. The Morgan fingerprint density at radius 3 is 2.67 bits per heavy atom. The molecule has 0 atom stereocenters. The van der Waals surface area contributed by atoms with E-state index in [2.05, 4.69) is 13.8 Å². The monoisotopic (exact) mass is 343 g/mol. The number of para-hydroxylation sites is 1. The van der Waals surface area contributed by atoms with E-state index in [1.807, 2.05) is 24.3 Å². The molecule has 0 amide bonds. The molecule has 0 saturated carbocycles. The van der Waals surface area contributed by atoms with Gasteiger partial charge in [0.05, 0.1) is 10.6 Å². The Kier molecular flexibility index (Phi) is 3.39. The van der Waals surface area contributed by atoms with Crippen molar-refractivity contribution in [3.05, 3.63) is 53.6 Å². The minimum Gasteiger partial charge on any atom is -0.488 e. The minimum atomic E-state index is -3.54. The molecular weight excluding hydrogens is 322 g/mol. The number of fused-ring (bicyclic) bond motifs is 2. The second-order valence-corrected chi connectivity index (χ2v) is 8.95. The lowest BCUT2D eigenvalue weighted by molar-refractivity contribution is 0.0845. The van der Waals surface area contributed by atoms with Crippen LogP contribution in [0.25, 0.3) is 0 Å². The van der Waals surface area contributed by atoms with Crippen LogP contribution in [0.3, 0.4) is 0 Å². The molecule has 126 valence electrons. The van der Waals surface area contributed by atoms with Gasteiger partial charge >= 0.3 is 0 Å². The second kappa shape index (κ2) is 5.24. The van der Waals surface area contributed by atoms with Crippen molar-refractivity contribution in [1.29, 1.82) is 0 Å². The molecule has 2 aliphatic heterocycles. The second-order valence-electron chi connectivity index (χ2n) is 7.09. The first-order valence-corrected chi connectivity index (χ1v) is 9.73. The van der Waals surface area contributed by atoms with Gasteiger partial charge in [0.1, 0.15) is 11.4 Å². The fourth-order valence-corrected chi connectivity index (χ4v) is 5.03. The predicted molar refractivity (Wildman–Crippen MR) is 94.1 cm³/mol. The lowest BCUT2D eigenvalue weighted by Gasteiger charge is -2.33. The molecule has 5 heteroatoms. The van der Waals surface area contributed by atoms with Gasteiger partial charge in [-0.25, -0.2) is 8.42 Å². The van der Waals surface area contributed by atoms with Gasteiger partial charge in [-0.3, -0.25) is 4.31 Å². The van der Waals surface area contributed by atoms with Gasteiger partial charge in [0.25, 0.3) is 10.0 Å². The first-order valence-electron chi connectivity index (χ1n) is 8.29. The summed E-state index contributed by atoms with van der Waals surface area (Å²) < 4.78 is 33.7. The molecule has 0 spiro atoms. The third-order valence-electron chi connectivity index (χ3n) is 4.85. The number of anilines is 1. The molecule has 0 saturated heterocycles. The van der Waals surface area contributed by atoms with Crippen LogP contribution in [0.15, 0.2) is 47.4 Å². The van der Waals surface area contributed by atoms with E-state index >= 15 is 0 Å². The third-order valence-corrected chi connectivity index (χ3v) is 6.66. The van der Waals surface area contributed by atoms with Crippen LogP contribution in [0.1, 0.15) is 31.4 Å². The topological polar surface area (TPSA) is 46.6 Å². The van der Waals surface area contributed by atoms with E-state index in [-0.39, 0.29) is 5.60 Å². The zero-order chi connectivity index (χ0) is 16.9. The Morgan fingerprint density at radius 1 is 1.04 bits per heavy atom. The van der Waals surface area contributed by atoms with Gasteiger partial charge in [0.15, 0.2) is 0 Å². The van der Waals surface area contributed by atoms with Gasteiger partial charge in [-0.2, -0.15) is 0 Å². The molecule has 4 rings (SSSR count). The maximum atomic E-state index is 13.1. The number of benzene rings is 2. The van der Waals surface area contributed by atoms with Crippen LogP contribution < -0.4 is 9.04 Å². The molecule has 24 heavy (non-hydrogen) atoms. The van der Waals surface area contributed by atoms with Crippen LogP contribution in [-0.2, 0) is 22.9 Å². The molecule has 0 radical (unpaired) electrons. The fourth-order valence-electron chi connectivity index (χ4n) is 3.48. The van der Waals surface area contributed by atoms with Gasteiger partial charge < -0.3 is 4.74 Å². The highest BCUT2D eigenvalue weighted by Crippen LogP contribution is 2.37. The van der Waals surface area contributed by atoms with Crippen molar-refractivity contribution >= 4 is 15.7 Å². The maximum absolute atomic E-state index is 13.1. The van der Waals surface area contributed by atoms with Gasteiger partial charge in [-0.05, 0) is 68.5 Å². The van der Waals surface area contributed by atoms with Gasteiger partial charge in [-0.1, -0.05) is 18.2 Å². The molecule has 0 bridgehead atoms. The smallest absolute Gasteiger partial charge is 0.264 e. The normalized spacial score (nSPS) is 18.7. The maximum Gasteiger partial charge on any atom is 0.264 e. The van der Waals surface area contributed by atoms with Crippen LogP contribution in [0.2, 0.25) is 0 Å². The van der Waals surface area contributed by atoms with E-state index in [9.17, 15) is 8.42 Å². The Bertz CT molecular complexity index is 903. The molecule has 4 nitrogen and oxygen atoms in total. The van der Waals surface area contributed by atoms with Gasteiger partial charge in [0.2, 0.25) is 0 Å². The summed E-state index contributed by atoms with van der Waals surface area (Å²) in [4.78, 5) is 0.348. The molecule has 0 aliphatic carbocycles. The number of rotatable bonds is 2. The van der Waals surface area contributed by atoms with E-state index in [0.29, 0.717) is 11.4 Å². The number of hydrogen-bond donors (Lipinski definition) is 0. The van der Waals surface area contributed by atoms with Crippen molar-refractivity contribution in [1.82, 2.24) is 0 Å². The quantitative estimate of drug-likeness (QED) is 0.838. The summed E-state index contributed by atoms with van der Waals surface area (Å²) in [7, 11) is -3.54. The summed E-state index contributed by atoms with van der Waals surface area (Å²) in [5, 5.41) is 0. The molecule has 0 aromatic heterocycles.